The minimum Gasteiger partial charge on any atom is -0.481 e. The van der Waals surface area contributed by atoms with E-state index in [9.17, 15) is 15.0 Å². The Hall–Kier alpha value is -0.990. The molecule has 0 aliphatic carbocycles. The van der Waals surface area contributed by atoms with Crippen molar-refractivity contribution in [1.29, 1.82) is 0 Å². The fraction of sp³-hybridized carbons (Fsp3) is 0.870. The second-order valence-corrected chi connectivity index (χ2v) is 9.88. The molecule has 3 aliphatic heterocycles. The van der Waals surface area contributed by atoms with Crippen LogP contribution in [-0.4, -0.2) is 69.6 Å². The summed E-state index contributed by atoms with van der Waals surface area (Å²) in [7, 11) is 0. The highest BCUT2D eigenvalue weighted by atomic mass is 16.6. The maximum atomic E-state index is 11.0. The Morgan fingerprint density at radius 1 is 1.20 bits per heavy atom. The Bertz CT molecular complexity index is 635. The predicted octanol–water partition coefficient (Wildman–Crippen LogP) is 2.53. The lowest BCUT2D eigenvalue weighted by atomic mass is 9.83. The zero-order valence-corrected chi connectivity index (χ0v) is 18.7. The fourth-order valence-electron chi connectivity index (χ4n) is 4.93. The van der Waals surface area contributed by atoms with Crippen LogP contribution in [0.5, 0.6) is 0 Å². The molecular weight excluding hydrogens is 388 g/mol. The van der Waals surface area contributed by atoms with E-state index in [0.29, 0.717) is 11.8 Å². The van der Waals surface area contributed by atoms with Gasteiger partial charge in [-0.3, -0.25) is 4.79 Å². The zero-order chi connectivity index (χ0) is 22.2. The van der Waals surface area contributed by atoms with Crippen LogP contribution in [0.1, 0.15) is 60.3 Å². The van der Waals surface area contributed by atoms with Crippen molar-refractivity contribution in [2.45, 2.75) is 109 Å². The number of aliphatic hydroxyl groups excluding tert-OH is 2. The first-order valence-corrected chi connectivity index (χ1v) is 11.3. The van der Waals surface area contributed by atoms with Crippen molar-refractivity contribution in [2.75, 3.05) is 0 Å². The predicted molar refractivity (Wildman–Crippen MR) is 111 cm³/mol. The molecule has 7 nitrogen and oxygen atoms in total. The van der Waals surface area contributed by atoms with Gasteiger partial charge in [0.2, 0.25) is 0 Å². The number of carbonyl (C=O) groups is 1. The standard InChI is InChI=1S/C23H38O7/c1-12(10-17-21(29-17)14(3)20(27)15(4)24)6-9-18-23(5,30-18)22-13(2)7-8-16(28-22)11-19(25)26/h6,9,12-18,20-22,24,27H,7-8,10-11H2,1-5H3,(H,25,26). The van der Waals surface area contributed by atoms with E-state index in [-0.39, 0.29) is 42.9 Å². The van der Waals surface area contributed by atoms with Gasteiger partial charge in [-0.25, -0.2) is 0 Å². The lowest BCUT2D eigenvalue weighted by molar-refractivity contribution is -0.149. The van der Waals surface area contributed by atoms with Gasteiger partial charge in [-0.1, -0.05) is 32.9 Å². The number of ether oxygens (including phenoxy) is 3. The SMILES string of the molecule is CC(C=CC1OC1(C)C1OC(CC(=O)O)CCC1C)CC1OC1C(C)C(O)C(C)O. The van der Waals surface area contributed by atoms with Crippen molar-refractivity contribution < 1.29 is 34.3 Å². The molecule has 0 radical (unpaired) electrons. The molecule has 0 saturated carbocycles. The minimum atomic E-state index is -0.823. The zero-order valence-electron chi connectivity index (χ0n) is 18.7. The van der Waals surface area contributed by atoms with Gasteiger partial charge in [0.1, 0.15) is 11.7 Å². The molecule has 0 aromatic heterocycles. The van der Waals surface area contributed by atoms with Gasteiger partial charge < -0.3 is 29.5 Å². The average molecular weight is 427 g/mol. The highest BCUT2D eigenvalue weighted by molar-refractivity contribution is 5.67. The van der Waals surface area contributed by atoms with E-state index >= 15 is 0 Å². The van der Waals surface area contributed by atoms with Crippen LogP contribution in [0, 0.1) is 17.8 Å². The summed E-state index contributed by atoms with van der Waals surface area (Å²) in [5, 5.41) is 28.6. The Morgan fingerprint density at radius 3 is 2.53 bits per heavy atom. The molecule has 0 amide bonds. The van der Waals surface area contributed by atoms with Gasteiger partial charge in [-0.05, 0) is 44.9 Å². The van der Waals surface area contributed by atoms with Gasteiger partial charge in [-0.15, -0.1) is 0 Å². The van der Waals surface area contributed by atoms with Gasteiger partial charge >= 0.3 is 5.97 Å². The van der Waals surface area contributed by atoms with Gasteiger partial charge in [0, 0.05) is 5.92 Å². The Morgan fingerprint density at radius 2 is 1.90 bits per heavy atom. The average Bonchev–Trinajstić information content (AvgIpc) is 3.57. The number of rotatable bonds is 10. The van der Waals surface area contributed by atoms with E-state index in [1.807, 2.05) is 6.92 Å². The smallest absolute Gasteiger partial charge is 0.305 e. The molecule has 3 heterocycles. The number of carboxylic acid groups (broad SMARTS) is 1. The normalized spacial score (nSPS) is 42.5. The summed E-state index contributed by atoms with van der Waals surface area (Å²) in [4.78, 5) is 11.0. The third-order valence-corrected chi connectivity index (χ3v) is 7.05. The van der Waals surface area contributed by atoms with Crippen molar-refractivity contribution >= 4 is 5.97 Å². The molecule has 3 rings (SSSR count). The maximum Gasteiger partial charge on any atom is 0.305 e. The van der Waals surface area contributed by atoms with E-state index in [0.717, 1.165) is 19.3 Å². The van der Waals surface area contributed by atoms with Crippen molar-refractivity contribution in [1.82, 2.24) is 0 Å². The third kappa shape index (κ3) is 5.43. The van der Waals surface area contributed by atoms with Gasteiger partial charge in [-0.2, -0.15) is 0 Å². The van der Waals surface area contributed by atoms with Crippen LogP contribution in [0.4, 0.5) is 0 Å². The number of epoxide rings is 2. The van der Waals surface area contributed by atoms with E-state index in [4.69, 9.17) is 19.3 Å². The Kier molecular flexibility index (Phi) is 7.30. The van der Waals surface area contributed by atoms with Crippen LogP contribution in [0.2, 0.25) is 0 Å². The molecule has 7 heteroatoms. The van der Waals surface area contributed by atoms with E-state index in [2.05, 4.69) is 32.9 Å². The molecule has 172 valence electrons. The Balaban J connectivity index is 1.46. The summed E-state index contributed by atoms with van der Waals surface area (Å²) in [5.41, 5.74) is -0.401. The van der Waals surface area contributed by atoms with Gasteiger partial charge in [0.15, 0.2) is 0 Å². The number of hydrogen-bond acceptors (Lipinski definition) is 6. The van der Waals surface area contributed by atoms with Gasteiger partial charge in [0.05, 0.1) is 43.0 Å². The first kappa shape index (κ1) is 23.7. The number of allylic oxidation sites excluding steroid dienone is 1. The summed E-state index contributed by atoms with van der Waals surface area (Å²) in [6.07, 6.45) is 5.08. The molecular formula is C23H38O7. The largest absolute Gasteiger partial charge is 0.481 e. The summed E-state index contributed by atoms with van der Waals surface area (Å²) in [6.45, 7) is 9.83. The van der Waals surface area contributed by atoms with Crippen LogP contribution in [0.15, 0.2) is 12.2 Å². The number of aliphatic hydroxyl groups is 2. The van der Waals surface area contributed by atoms with Crippen LogP contribution < -0.4 is 0 Å². The van der Waals surface area contributed by atoms with E-state index in [1.54, 1.807) is 6.92 Å². The lowest BCUT2D eigenvalue weighted by Gasteiger charge is -2.36. The van der Waals surface area contributed by atoms with Crippen molar-refractivity contribution in [3.8, 4) is 0 Å². The summed E-state index contributed by atoms with van der Waals surface area (Å²) >= 11 is 0. The van der Waals surface area contributed by atoms with Crippen molar-refractivity contribution in [2.24, 2.45) is 17.8 Å². The number of aliphatic carboxylic acids is 1. The third-order valence-electron chi connectivity index (χ3n) is 7.05. The summed E-state index contributed by atoms with van der Waals surface area (Å²) in [6, 6.07) is 0. The molecule has 0 bridgehead atoms. The van der Waals surface area contributed by atoms with E-state index in [1.165, 1.54) is 0 Å². The van der Waals surface area contributed by atoms with Gasteiger partial charge in [0.25, 0.3) is 0 Å². The number of hydrogen-bond donors (Lipinski definition) is 3. The molecule has 3 N–H and O–H groups in total. The Labute approximate surface area is 179 Å². The highest BCUT2D eigenvalue weighted by Gasteiger charge is 2.59. The van der Waals surface area contributed by atoms with Crippen LogP contribution in [0.3, 0.4) is 0 Å². The second kappa shape index (κ2) is 9.25. The molecule has 3 saturated heterocycles. The fourth-order valence-corrected chi connectivity index (χ4v) is 4.93. The topological polar surface area (TPSA) is 112 Å². The first-order chi connectivity index (χ1) is 14.0. The van der Waals surface area contributed by atoms with Crippen molar-refractivity contribution in [3.63, 3.8) is 0 Å². The molecule has 3 aliphatic rings. The molecule has 0 aromatic rings. The number of carboxylic acids is 1. The second-order valence-electron chi connectivity index (χ2n) is 9.88. The molecule has 3 fully saturated rings. The van der Waals surface area contributed by atoms with Crippen LogP contribution >= 0.6 is 0 Å². The monoisotopic (exact) mass is 426 g/mol. The summed E-state index contributed by atoms with van der Waals surface area (Å²) in [5.74, 6) is -0.284. The molecule has 30 heavy (non-hydrogen) atoms. The maximum absolute atomic E-state index is 11.0. The first-order valence-electron chi connectivity index (χ1n) is 11.3. The highest BCUT2D eigenvalue weighted by Crippen LogP contribution is 2.47. The summed E-state index contributed by atoms with van der Waals surface area (Å²) < 4.78 is 17.9. The molecule has 11 atom stereocenters. The minimum absolute atomic E-state index is 0.00412. The van der Waals surface area contributed by atoms with Crippen LogP contribution in [-0.2, 0) is 19.0 Å². The molecule has 0 aromatic carbocycles. The molecule has 11 unspecified atom stereocenters. The quantitative estimate of drug-likeness (QED) is 0.363. The molecule has 0 spiro atoms. The van der Waals surface area contributed by atoms with E-state index < -0.39 is 23.8 Å². The lowest BCUT2D eigenvalue weighted by Crippen LogP contribution is -2.44. The van der Waals surface area contributed by atoms with Crippen molar-refractivity contribution in [3.05, 3.63) is 12.2 Å². The van der Waals surface area contributed by atoms with Crippen LogP contribution in [0.25, 0.3) is 0 Å².